The third-order valence-corrected chi connectivity index (χ3v) is 1.19. The summed E-state index contributed by atoms with van der Waals surface area (Å²) in [6, 6.07) is 0. The van der Waals surface area contributed by atoms with E-state index in [-0.39, 0.29) is 51.4 Å². The van der Waals surface area contributed by atoms with E-state index in [1.54, 1.807) is 0 Å². The van der Waals surface area contributed by atoms with Crippen molar-refractivity contribution in [3.05, 3.63) is 60.9 Å². The summed E-state index contributed by atoms with van der Waals surface area (Å²) in [5.74, 6) is 0. The van der Waals surface area contributed by atoms with Crippen LogP contribution in [0.15, 0.2) is 18.2 Å². The molecule has 0 saturated heterocycles. The van der Waals surface area contributed by atoms with Gasteiger partial charge in [-0.25, -0.2) is 12.2 Å². The van der Waals surface area contributed by atoms with E-state index < -0.39 is 0 Å². The molecule has 2 heteroatoms. The van der Waals surface area contributed by atoms with Gasteiger partial charge in [-0.2, -0.15) is 12.5 Å². The summed E-state index contributed by atoms with van der Waals surface area (Å²) in [5.41, 5.74) is 0. The van der Waals surface area contributed by atoms with Crippen LogP contribution in [0.25, 0.3) is 0 Å². The zero-order valence-electron chi connectivity index (χ0n) is 12.0. The molecule has 0 fully saturated rings. The van der Waals surface area contributed by atoms with E-state index in [0.717, 1.165) is 19.4 Å². The van der Waals surface area contributed by atoms with Crippen LogP contribution in [0.5, 0.6) is 0 Å². The van der Waals surface area contributed by atoms with E-state index in [9.17, 15) is 0 Å². The quantitative estimate of drug-likeness (QED) is 0.537. The summed E-state index contributed by atoms with van der Waals surface area (Å²) in [6.07, 6.45) is 11.0. The molecule has 100 valence electrons. The maximum atomic E-state index is 3.68. The maximum Gasteiger partial charge on any atom is 0 e. The molecule has 0 heterocycles. The third-order valence-electron chi connectivity index (χ3n) is 1.19. The van der Waals surface area contributed by atoms with Crippen molar-refractivity contribution < 1.29 is 21.7 Å². The molecule has 1 aliphatic carbocycles. The first-order valence-electron chi connectivity index (χ1n) is 3.93. The molecule has 0 atom stereocenters. The van der Waals surface area contributed by atoms with E-state index in [0.29, 0.717) is 0 Å². The number of allylic oxidation sites excluding steroid dienone is 4. The Morgan fingerprint density at radius 3 is 1.75 bits per heavy atom. The molecule has 0 radical (unpaired) electrons. The standard InChI is InChI=1S/C5H12N.C5H5.4CH3.Ti/c1-4-5-6(2)3;1-2-4-5-3-1;;;;;/h1,4-5H2,2-3H3;1-3H,4H2;4*1H3;/q6*-1;. The summed E-state index contributed by atoms with van der Waals surface area (Å²) in [7, 11) is 4.09. The van der Waals surface area contributed by atoms with E-state index in [2.05, 4.69) is 24.0 Å². The number of rotatable bonds is 2. The summed E-state index contributed by atoms with van der Waals surface area (Å²) in [5, 5.41) is 0. The second kappa shape index (κ2) is 29.4. The largest absolute Gasteiger partial charge is 0.358 e. The average molecular weight is 259 g/mol. The molecule has 0 bridgehead atoms. The van der Waals surface area contributed by atoms with Crippen molar-refractivity contribution in [3.63, 3.8) is 0 Å². The van der Waals surface area contributed by atoms with Gasteiger partial charge >= 0.3 is 0 Å². The summed E-state index contributed by atoms with van der Waals surface area (Å²) >= 11 is 0. The number of hydrogen-bond acceptors (Lipinski definition) is 1. The van der Waals surface area contributed by atoms with Gasteiger partial charge in [0.05, 0.1) is 0 Å². The molecule has 1 aliphatic rings. The fourth-order valence-electron chi connectivity index (χ4n) is 0.656. The predicted octanol–water partition coefficient (Wildman–Crippen LogP) is 3.88. The van der Waals surface area contributed by atoms with Gasteiger partial charge in [-0.3, -0.25) is 6.08 Å². The van der Waals surface area contributed by atoms with Gasteiger partial charge in [-0.05, 0) is 20.6 Å². The molecule has 0 saturated carbocycles. The third kappa shape index (κ3) is 36.8. The second-order valence-electron chi connectivity index (χ2n) is 2.66. The van der Waals surface area contributed by atoms with Crippen molar-refractivity contribution in [2.45, 2.75) is 12.8 Å². The van der Waals surface area contributed by atoms with Crippen LogP contribution in [0.3, 0.4) is 0 Å². The zero-order chi connectivity index (χ0) is 8.53. The molecule has 1 nitrogen and oxygen atoms in total. The maximum absolute atomic E-state index is 3.68. The van der Waals surface area contributed by atoms with Crippen LogP contribution >= 0.6 is 0 Å². The van der Waals surface area contributed by atoms with Crippen LogP contribution < -0.4 is 0 Å². The molecule has 0 aromatic carbocycles. The first-order valence-corrected chi connectivity index (χ1v) is 3.93. The Labute approximate surface area is 121 Å². The fourth-order valence-corrected chi connectivity index (χ4v) is 0.656. The zero-order valence-corrected chi connectivity index (χ0v) is 13.6. The summed E-state index contributed by atoms with van der Waals surface area (Å²) in [4.78, 5) is 2.12. The van der Waals surface area contributed by atoms with Crippen LogP contribution in [0, 0.1) is 42.7 Å². The molecule has 0 aromatic heterocycles. The van der Waals surface area contributed by atoms with Crippen molar-refractivity contribution in [1.82, 2.24) is 4.90 Å². The topological polar surface area (TPSA) is 3.24 Å². The Morgan fingerprint density at radius 2 is 1.69 bits per heavy atom. The van der Waals surface area contributed by atoms with E-state index in [1.165, 1.54) is 0 Å². The molecule has 0 N–H and O–H groups in total. The minimum atomic E-state index is 0. The molecular weight excluding hydrogens is 230 g/mol. The van der Waals surface area contributed by atoms with Gasteiger partial charge in [0.25, 0.3) is 0 Å². The first-order chi connectivity index (χ1) is 5.27. The Bertz CT molecular complexity index is 119. The summed E-state index contributed by atoms with van der Waals surface area (Å²) < 4.78 is 0. The van der Waals surface area contributed by atoms with Gasteiger partial charge in [-0.1, -0.05) is 0 Å². The Kier molecular flexibility index (Phi) is 66.2. The number of hydrogen-bond donors (Lipinski definition) is 0. The molecule has 0 aromatic rings. The van der Waals surface area contributed by atoms with Crippen LogP contribution in [0.4, 0.5) is 0 Å². The Hall–Kier alpha value is 0.154. The van der Waals surface area contributed by atoms with Crippen LogP contribution in [-0.4, -0.2) is 25.5 Å². The molecule has 0 spiro atoms. The van der Waals surface area contributed by atoms with Gasteiger partial charge in [0, 0.05) is 21.7 Å². The Balaban J connectivity index is -0.0000000239. The Morgan fingerprint density at radius 1 is 1.19 bits per heavy atom. The fraction of sp³-hybridized carbons (Fsp3) is 0.357. The monoisotopic (exact) mass is 259 g/mol. The predicted molar refractivity (Wildman–Crippen MR) is 75.8 cm³/mol. The van der Waals surface area contributed by atoms with Crippen LogP contribution in [-0.2, 0) is 21.7 Å². The van der Waals surface area contributed by atoms with Gasteiger partial charge in [0.2, 0.25) is 0 Å². The summed E-state index contributed by atoms with van der Waals surface area (Å²) in [6.45, 7) is 4.78. The van der Waals surface area contributed by atoms with Crippen molar-refractivity contribution in [1.29, 1.82) is 0 Å². The molecule has 0 unspecified atom stereocenters. The first kappa shape index (κ1) is 36.0. The van der Waals surface area contributed by atoms with Gasteiger partial charge in [-0.15, -0.1) is 6.42 Å². The molecule has 1 rings (SSSR count). The van der Waals surface area contributed by atoms with Crippen molar-refractivity contribution in [3.8, 4) is 0 Å². The molecular formula is C14H29NTi-6. The van der Waals surface area contributed by atoms with E-state index >= 15 is 0 Å². The average Bonchev–Trinajstić information content (AvgIpc) is 2.41. The molecule has 0 amide bonds. The van der Waals surface area contributed by atoms with Crippen LogP contribution in [0.2, 0.25) is 0 Å². The smallest absolute Gasteiger partial charge is 0 e. The van der Waals surface area contributed by atoms with Crippen molar-refractivity contribution >= 4 is 0 Å². The van der Waals surface area contributed by atoms with Crippen molar-refractivity contribution in [2.24, 2.45) is 0 Å². The van der Waals surface area contributed by atoms with Gasteiger partial charge in [0.1, 0.15) is 0 Å². The van der Waals surface area contributed by atoms with E-state index in [4.69, 9.17) is 0 Å². The normalized spacial score (nSPS) is 9.25. The SMILES string of the molecule is [C-]1=CC=CC1.[CH2-]CCN(C)C.[CH3-].[CH3-].[CH3-].[CH3-].[Ti]. The minimum Gasteiger partial charge on any atom is -0.358 e. The van der Waals surface area contributed by atoms with E-state index in [1.807, 2.05) is 26.2 Å². The van der Waals surface area contributed by atoms with Crippen molar-refractivity contribution in [2.75, 3.05) is 20.6 Å². The second-order valence-corrected chi connectivity index (χ2v) is 2.66. The van der Waals surface area contributed by atoms with Gasteiger partial charge < -0.3 is 41.5 Å². The van der Waals surface area contributed by atoms with Crippen LogP contribution in [0.1, 0.15) is 12.8 Å². The molecule has 0 aliphatic heterocycles. The molecule has 16 heavy (non-hydrogen) atoms. The minimum absolute atomic E-state index is 0. The number of nitrogens with zero attached hydrogens (tertiary/aromatic N) is 1. The van der Waals surface area contributed by atoms with Gasteiger partial charge in [0.15, 0.2) is 0 Å².